The molecule has 0 spiro atoms. The van der Waals surface area contributed by atoms with Gasteiger partial charge in [-0.1, -0.05) is 18.7 Å². The topological polar surface area (TPSA) is 55.3 Å². The summed E-state index contributed by atoms with van der Waals surface area (Å²) in [7, 11) is 0. The molecule has 4 nitrogen and oxygen atoms in total. The summed E-state index contributed by atoms with van der Waals surface area (Å²) in [6.07, 6.45) is 7.92. The zero-order valence-corrected chi connectivity index (χ0v) is 12.4. The molecule has 0 saturated heterocycles. The third-order valence-corrected chi connectivity index (χ3v) is 4.07. The van der Waals surface area contributed by atoms with Gasteiger partial charge in [-0.05, 0) is 37.6 Å². The van der Waals surface area contributed by atoms with Crippen molar-refractivity contribution in [3.8, 4) is 0 Å². The molecule has 3 N–H and O–H groups in total. The van der Waals surface area contributed by atoms with E-state index >= 15 is 0 Å². The summed E-state index contributed by atoms with van der Waals surface area (Å²) in [5.74, 6) is 0.132. The zero-order valence-electron chi connectivity index (χ0n) is 12.4. The number of pyridine rings is 1. The Morgan fingerprint density at radius 2 is 2.24 bits per heavy atom. The molecule has 1 atom stereocenters. The molecule has 3 rings (SSSR count). The summed E-state index contributed by atoms with van der Waals surface area (Å²) >= 11 is 0. The second-order valence-corrected chi connectivity index (χ2v) is 5.43. The third kappa shape index (κ3) is 2.33. The summed E-state index contributed by atoms with van der Waals surface area (Å²) in [5, 5.41) is 3.46. The maximum absolute atomic E-state index is 6.06. The minimum Gasteiger partial charge on any atom is -0.401 e. The van der Waals surface area contributed by atoms with Crippen LogP contribution in [0.5, 0.6) is 0 Å². The Labute approximate surface area is 124 Å². The highest BCUT2D eigenvalue weighted by Gasteiger charge is 2.17. The van der Waals surface area contributed by atoms with E-state index in [9.17, 15) is 0 Å². The standard InChI is InChI=1S/C17H20N4/c1-11-6-4-7-15(18)14(11)10-19-16-8-5-9-21-13(3)12(2)20-17(16)21/h4-9,14,19H,1,10,18H2,2-3H3. The first-order valence-corrected chi connectivity index (χ1v) is 7.08. The molecular formula is C17H20N4. The van der Waals surface area contributed by atoms with Gasteiger partial charge in [0, 0.05) is 30.1 Å². The van der Waals surface area contributed by atoms with E-state index in [1.54, 1.807) is 0 Å². The predicted octanol–water partition coefficient (Wildman–Crippen LogP) is 2.95. The van der Waals surface area contributed by atoms with Gasteiger partial charge in [-0.25, -0.2) is 4.98 Å². The van der Waals surface area contributed by atoms with E-state index < -0.39 is 0 Å². The van der Waals surface area contributed by atoms with Gasteiger partial charge < -0.3 is 15.5 Å². The van der Waals surface area contributed by atoms with Crippen molar-refractivity contribution in [1.82, 2.24) is 9.38 Å². The Hall–Kier alpha value is -2.49. The minimum atomic E-state index is 0.132. The summed E-state index contributed by atoms with van der Waals surface area (Å²) in [5.41, 5.74) is 12.1. The largest absolute Gasteiger partial charge is 0.401 e. The molecule has 0 radical (unpaired) electrons. The quantitative estimate of drug-likeness (QED) is 0.909. The molecule has 0 saturated carbocycles. The van der Waals surface area contributed by atoms with E-state index in [4.69, 9.17) is 5.73 Å². The molecule has 0 fully saturated rings. The molecule has 2 heterocycles. The number of hydrogen-bond acceptors (Lipinski definition) is 3. The Bertz CT molecular complexity index is 764. The van der Waals surface area contributed by atoms with Crippen molar-refractivity contribution in [2.45, 2.75) is 13.8 Å². The van der Waals surface area contributed by atoms with E-state index in [0.29, 0.717) is 0 Å². The van der Waals surface area contributed by atoms with Crippen LogP contribution in [-0.4, -0.2) is 15.9 Å². The third-order valence-electron chi connectivity index (χ3n) is 4.07. The highest BCUT2D eigenvalue weighted by molar-refractivity contribution is 5.68. The Morgan fingerprint density at radius 1 is 1.43 bits per heavy atom. The number of fused-ring (bicyclic) bond motifs is 1. The summed E-state index contributed by atoms with van der Waals surface area (Å²) in [4.78, 5) is 4.63. The fourth-order valence-electron chi connectivity index (χ4n) is 2.63. The van der Waals surface area contributed by atoms with Gasteiger partial charge >= 0.3 is 0 Å². The molecular weight excluding hydrogens is 260 g/mol. The Balaban J connectivity index is 1.86. The van der Waals surface area contributed by atoms with E-state index in [-0.39, 0.29) is 5.92 Å². The smallest absolute Gasteiger partial charge is 0.160 e. The van der Waals surface area contributed by atoms with Crippen molar-refractivity contribution in [1.29, 1.82) is 0 Å². The second kappa shape index (κ2) is 5.13. The number of hydrogen-bond donors (Lipinski definition) is 2. The minimum absolute atomic E-state index is 0.132. The van der Waals surface area contributed by atoms with Crippen molar-refractivity contribution in [3.05, 3.63) is 65.8 Å². The lowest BCUT2D eigenvalue weighted by Gasteiger charge is -2.21. The van der Waals surface area contributed by atoms with Crippen molar-refractivity contribution in [2.24, 2.45) is 11.7 Å². The van der Waals surface area contributed by atoms with Gasteiger partial charge in [-0.2, -0.15) is 0 Å². The van der Waals surface area contributed by atoms with Gasteiger partial charge in [0.15, 0.2) is 5.65 Å². The lowest BCUT2D eigenvalue weighted by molar-refractivity contribution is 0.753. The van der Waals surface area contributed by atoms with E-state index in [1.807, 2.05) is 43.5 Å². The first-order valence-electron chi connectivity index (χ1n) is 7.08. The van der Waals surface area contributed by atoms with Gasteiger partial charge in [-0.3, -0.25) is 0 Å². The van der Waals surface area contributed by atoms with E-state index in [0.717, 1.165) is 40.5 Å². The van der Waals surface area contributed by atoms with Gasteiger partial charge in [0.1, 0.15) is 0 Å². The summed E-state index contributed by atoms with van der Waals surface area (Å²) in [6, 6.07) is 4.07. The molecule has 2 aromatic heterocycles. The molecule has 0 bridgehead atoms. The monoisotopic (exact) mass is 280 g/mol. The maximum atomic E-state index is 6.06. The lowest BCUT2D eigenvalue weighted by Crippen LogP contribution is -2.23. The van der Waals surface area contributed by atoms with Gasteiger partial charge in [0.2, 0.25) is 0 Å². The summed E-state index contributed by atoms with van der Waals surface area (Å²) in [6.45, 7) is 8.89. The van der Waals surface area contributed by atoms with Gasteiger partial charge in [0.25, 0.3) is 0 Å². The predicted molar refractivity (Wildman–Crippen MR) is 87.2 cm³/mol. The van der Waals surface area contributed by atoms with Crippen molar-refractivity contribution < 1.29 is 0 Å². The number of nitrogens with two attached hydrogens (primary N) is 1. The number of nitrogens with one attached hydrogen (secondary N) is 1. The highest BCUT2D eigenvalue weighted by Crippen LogP contribution is 2.24. The molecule has 1 unspecified atom stereocenters. The Morgan fingerprint density at radius 3 is 3.00 bits per heavy atom. The van der Waals surface area contributed by atoms with Crippen LogP contribution < -0.4 is 11.1 Å². The van der Waals surface area contributed by atoms with E-state index in [1.165, 1.54) is 0 Å². The van der Waals surface area contributed by atoms with Gasteiger partial charge in [0.05, 0.1) is 11.4 Å². The van der Waals surface area contributed by atoms with Crippen LogP contribution in [0.2, 0.25) is 0 Å². The molecule has 21 heavy (non-hydrogen) atoms. The van der Waals surface area contributed by atoms with Crippen LogP contribution in [-0.2, 0) is 0 Å². The molecule has 1 aliphatic rings. The molecule has 1 aliphatic carbocycles. The van der Waals surface area contributed by atoms with Crippen LogP contribution in [0.15, 0.2) is 54.4 Å². The fourth-order valence-corrected chi connectivity index (χ4v) is 2.63. The molecule has 2 aromatic rings. The molecule has 4 heteroatoms. The van der Waals surface area contributed by atoms with Crippen LogP contribution in [0.1, 0.15) is 11.4 Å². The normalized spacial score (nSPS) is 18.1. The molecule has 108 valence electrons. The number of aromatic nitrogens is 2. The van der Waals surface area contributed by atoms with E-state index in [2.05, 4.69) is 28.2 Å². The van der Waals surface area contributed by atoms with Crippen LogP contribution in [0.25, 0.3) is 5.65 Å². The van der Waals surface area contributed by atoms with Gasteiger partial charge in [-0.15, -0.1) is 0 Å². The van der Waals surface area contributed by atoms with Crippen molar-refractivity contribution in [3.63, 3.8) is 0 Å². The maximum Gasteiger partial charge on any atom is 0.160 e. The van der Waals surface area contributed by atoms with Crippen molar-refractivity contribution >= 4 is 11.3 Å². The van der Waals surface area contributed by atoms with Crippen LogP contribution in [0.3, 0.4) is 0 Å². The number of aryl methyl sites for hydroxylation is 2. The second-order valence-electron chi connectivity index (χ2n) is 5.43. The highest BCUT2D eigenvalue weighted by atomic mass is 15.1. The number of allylic oxidation sites excluding steroid dienone is 3. The first kappa shape index (κ1) is 13.5. The molecule has 0 aromatic carbocycles. The lowest BCUT2D eigenvalue weighted by atomic mass is 9.92. The zero-order chi connectivity index (χ0) is 15.0. The number of nitrogens with zero attached hydrogens (tertiary/aromatic N) is 2. The average molecular weight is 280 g/mol. The molecule has 0 amide bonds. The first-order chi connectivity index (χ1) is 10.1. The number of rotatable bonds is 3. The van der Waals surface area contributed by atoms with Crippen LogP contribution in [0.4, 0.5) is 5.69 Å². The fraction of sp³-hybridized carbons (Fsp3) is 0.235. The average Bonchev–Trinajstić information content (AvgIpc) is 2.75. The van der Waals surface area contributed by atoms with Crippen molar-refractivity contribution in [2.75, 3.05) is 11.9 Å². The number of imidazole rings is 1. The van der Waals surface area contributed by atoms with Crippen LogP contribution >= 0.6 is 0 Å². The molecule has 0 aliphatic heterocycles. The SMILES string of the molecule is C=C1C=CC=C(N)C1CNc1cccn2c(C)c(C)nc12. The Kier molecular flexibility index (Phi) is 3.29. The number of anilines is 1. The van der Waals surface area contributed by atoms with Crippen LogP contribution in [0, 0.1) is 19.8 Å². The summed E-state index contributed by atoms with van der Waals surface area (Å²) < 4.78 is 2.10.